The van der Waals surface area contributed by atoms with Crippen LogP contribution in [0.1, 0.15) is 11.7 Å². The van der Waals surface area contributed by atoms with Crippen molar-refractivity contribution in [1.29, 1.82) is 0 Å². The third kappa shape index (κ3) is 3.14. The highest BCUT2D eigenvalue weighted by molar-refractivity contribution is 5.17. The molecule has 0 radical (unpaired) electrons. The molecule has 3 heteroatoms. The molecule has 1 aromatic carbocycles. The summed E-state index contributed by atoms with van der Waals surface area (Å²) in [5.41, 5.74) is 0.960. The summed E-state index contributed by atoms with van der Waals surface area (Å²) >= 11 is 0. The molecular formula is C10H14O3. The lowest BCUT2D eigenvalue weighted by Gasteiger charge is -2.14. The van der Waals surface area contributed by atoms with Crippen LogP contribution in [0.3, 0.4) is 0 Å². The van der Waals surface area contributed by atoms with Crippen LogP contribution in [0.4, 0.5) is 0 Å². The van der Waals surface area contributed by atoms with Crippen LogP contribution in [-0.2, 0) is 9.47 Å². The van der Waals surface area contributed by atoms with E-state index in [9.17, 15) is 0 Å². The molecule has 1 N–H and O–H groups in total. The van der Waals surface area contributed by atoms with Crippen LogP contribution >= 0.6 is 0 Å². The molecule has 0 aromatic heterocycles. The van der Waals surface area contributed by atoms with Gasteiger partial charge < -0.3 is 14.6 Å². The Hall–Kier alpha value is -0.900. The number of rotatable bonds is 5. The number of ether oxygens (including phenoxy) is 2. The van der Waals surface area contributed by atoms with E-state index in [0.717, 1.165) is 5.56 Å². The summed E-state index contributed by atoms with van der Waals surface area (Å²) in [6.07, 6.45) is -0.291. The summed E-state index contributed by atoms with van der Waals surface area (Å²) in [5.74, 6) is 0. The van der Waals surface area contributed by atoms with Gasteiger partial charge in [0.2, 0.25) is 0 Å². The quantitative estimate of drug-likeness (QED) is 0.698. The first kappa shape index (κ1) is 10.2. The van der Waals surface area contributed by atoms with Crippen molar-refractivity contribution in [3.05, 3.63) is 35.9 Å². The molecule has 0 saturated heterocycles. The average Bonchev–Trinajstić information content (AvgIpc) is 2.21. The molecule has 1 atom stereocenters. The number of aliphatic hydroxyl groups is 1. The van der Waals surface area contributed by atoms with Crippen LogP contribution in [0, 0.1) is 0 Å². The number of methoxy groups -OCH3 is 1. The zero-order valence-corrected chi connectivity index (χ0v) is 7.64. The van der Waals surface area contributed by atoms with Crippen LogP contribution in [0.25, 0.3) is 0 Å². The summed E-state index contributed by atoms with van der Waals surface area (Å²) in [4.78, 5) is 0. The molecule has 72 valence electrons. The lowest BCUT2D eigenvalue weighted by atomic mass is 10.1. The molecule has 0 spiro atoms. The van der Waals surface area contributed by atoms with Crippen LogP contribution in [-0.4, -0.2) is 25.6 Å². The van der Waals surface area contributed by atoms with Gasteiger partial charge in [-0.15, -0.1) is 0 Å². The molecule has 0 bridgehead atoms. The second-order valence-electron chi connectivity index (χ2n) is 2.66. The van der Waals surface area contributed by atoms with E-state index in [1.165, 1.54) is 0 Å². The van der Waals surface area contributed by atoms with Gasteiger partial charge in [0.1, 0.15) is 12.9 Å². The first-order valence-electron chi connectivity index (χ1n) is 4.15. The van der Waals surface area contributed by atoms with Crippen molar-refractivity contribution in [2.24, 2.45) is 0 Å². The second-order valence-corrected chi connectivity index (χ2v) is 2.66. The van der Waals surface area contributed by atoms with Gasteiger partial charge in [-0.25, -0.2) is 0 Å². The summed E-state index contributed by atoms with van der Waals surface area (Å²) in [5, 5.41) is 9.03. The normalized spacial score (nSPS) is 12.8. The van der Waals surface area contributed by atoms with Crippen LogP contribution in [0.5, 0.6) is 0 Å². The molecule has 0 heterocycles. The highest BCUT2D eigenvalue weighted by Crippen LogP contribution is 2.15. The topological polar surface area (TPSA) is 38.7 Å². The molecular weight excluding hydrogens is 168 g/mol. The minimum atomic E-state index is -0.291. The highest BCUT2D eigenvalue weighted by Gasteiger charge is 2.08. The average molecular weight is 182 g/mol. The fourth-order valence-electron chi connectivity index (χ4n) is 1.07. The second kappa shape index (κ2) is 5.70. The Balaban J connectivity index is 2.56. The Bertz CT molecular complexity index is 223. The van der Waals surface area contributed by atoms with Gasteiger partial charge in [0.05, 0.1) is 6.61 Å². The summed E-state index contributed by atoms with van der Waals surface area (Å²) < 4.78 is 10.0. The predicted octanol–water partition coefficient (Wildman–Crippen LogP) is 1.34. The van der Waals surface area contributed by atoms with E-state index in [4.69, 9.17) is 14.6 Å². The monoisotopic (exact) mass is 182 g/mol. The van der Waals surface area contributed by atoms with Gasteiger partial charge in [-0.1, -0.05) is 30.3 Å². The van der Waals surface area contributed by atoms with Crippen LogP contribution in [0.15, 0.2) is 30.3 Å². The molecule has 1 aromatic rings. The third-order valence-corrected chi connectivity index (χ3v) is 1.72. The van der Waals surface area contributed by atoms with Crippen molar-refractivity contribution in [3.8, 4) is 0 Å². The Morgan fingerprint density at radius 3 is 2.54 bits per heavy atom. The van der Waals surface area contributed by atoms with Gasteiger partial charge in [-0.05, 0) is 5.56 Å². The summed E-state index contributed by atoms with van der Waals surface area (Å²) in [7, 11) is 1.55. The van der Waals surface area contributed by atoms with E-state index >= 15 is 0 Å². The Morgan fingerprint density at radius 2 is 2.00 bits per heavy atom. The molecule has 0 aliphatic carbocycles. The number of aliphatic hydroxyl groups excluding tert-OH is 1. The van der Waals surface area contributed by atoms with Crippen molar-refractivity contribution in [2.45, 2.75) is 6.10 Å². The van der Waals surface area contributed by atoms with Gasteiger partial charge in [0.25, 0.3) is 0 Å². The minimum absolute atomic E-state index is 0.0344. The maximum absolute atomic E-state index is 9.03. The van der Waals surface area contributed by atoms with Crippen molar-refractivity contribution >= 4 is 0 Å². The largest absolute Gasteiger partial charge is 0.393 e. The van der Waals surface area contributed by atoms with Crippen LogP contribution in [0.2, 0.25) is 0 Å². The molecule has 13 heavy (non-hydrogen) atoms. The molecule has 3 nitrogen and oxygen atoms in total. The third-order valence-electron chi connectivity index (χ3n) is 1.72. The molecule has 1 rings (SSSR count). The Morgan fingerprint density at radius 1 is 1.31 bits per heavy atom. The molecule has 0 fully saturated rings. The van der Waals surface area contributed by atoms with E-state index in [1.54, 1.807) is 7.11 Å². The van der Waals surface area contributed by atoms with Gasteiger partial charge in [-0.3, -0.25) is 0 Å². The maximum atomic E-state index is 9.03. The van der Waals surface area contributed by atoms with E-state index in [0.29, 0.717) is 0 Å². The van der Waals surface area contributed by atoms with Crippen molar-refractivity contribution in [2.75, 3.05) is 20.5 Å². The van der Waals surface area contributed by atoms with E-state index in [-0.39, 0.29) is 19.5 Å². The lowest BCUT2D eigenvalue weighted by molar-refractivity contribution is -0.0888. The fraction of sp³-hybridized carbons (Fsp3) is 0.400. The standard InChI is InChI=1S/C10H14O3/c1-12-8-13-10(7-11)9-5-3-2-4-6-9/h2-6,10-11H,7-8H2,1H3/t10-/m1/s1. The maximum Gasteiger partial charge on any atom is 0.147 e. The molecule has 0 unspecified atom stereocenters. The van der Waals surface area contributed by atoms with Crippen molar-refractivity contribution in [1.82, 2.24) is 0 Å². The van der Waals surface area contributed by atoms with E-state index in [1.807, 2.05) is 30.3 Å². The minimum Gasteiger partial charge on any atom is -0.393 e. The number of hydrogen-bond acceptors (Lipinski definition) is 3. The lowest BCUT2D eigenvalue weighted by Crippen LogP contribution is -2.10. The van der Waals surface area contributed by atoms with Crippen LogP contribution < -0.4 is 0 Å². The number of benzene rings is 1. The molecule has 0 aliphatic heterocycles. The fourth-order valence-corrected chi connectivity index (χ4v) is 1.07. The van der Waals surface area contributed by atoms with E-state index in [2.05, 4.69) is 0 Å². The first-order valence-corrected chi connectivity index (χ1v) is 4.15. The highest BCUT2D eigenvalue weighted by atomic mass is 16.7. The Kier molecular flexibility index (Phi) is 4.46. The zero-order chi connectivity index (χ0) is 9.52. The van der Waals surface area contributed by atoms with Gasteiger partial charge in [0, 0.05) is 7.11 Å². The summed E-state index contributed by atoms with van der Waals surface area (Å²) in [6.45, 7) is 0.160. The first-order chi connectivity index (χ1) is 6.38. The smallest absolute Gasteiger partial charge is 0.147 e. The van der Waals surface area contributed by atoms with Gasteiger partial charge in [0.15, 0.2) is 0 Å². The van der Waals surface area contributed by atoms with Gasteiger partial charge >= 0.3 is 0 Å². The van der Waals surface area contributed by atoms with Gasteiger partial charge in [-0.2, -0.15) is 0 Å². The molecule has 0 saturated carbocycles. The molecule has 0 amide bonds. The number of hydrogen-bond donors (Lipinski definition) is 1. The SMILES string of the molecule is COCO[C@H](CO)c1ccccc1. The van der Waals surface area contributed by atoms with E-state index < -0.39 is 0 Å². The zero-order valence-electron chi connectivity index (χ0n) is 7.64. The van der Waals surface area contributed by atoms with Crippen molar-refractivity contribution in [3.63, 3.8) is 0 Å². The van der Waals surface area contributed by atoms with Crippen molar-refractivity contribution < 1.29 is 14.6 Å². The molecule has 0 aliphatic rings. The Labute approximate surface area is 77.9 Å². The summed E-state index contributed by atoms with van der Waals surface area (Å²) in [6, 6.07) is 9.57. The predicted molar refractivity (Wildman–Crippen MR) is 49.2 cm³/mol.